The zero-order valence-corrected chi connectivity index (χ0v) is 14.3. The molecule has 0 spiro atoms. The maximum absolute atomic E-state index is 12.8. The molecule has 3 N–H and O–H groups in total. The summed E-state index contributed by atoms with van der Waals surface area (Å²) in [7, 11) is 0. The minimum Gasteiger partial charge on any atom is -0.395 e. The first-order valence-corrected chi connectivity index (χ1v) is 9.17. The first-order chi connectivity index (χ1) is 12.0. The Morgan fingerprint density at radius 3 is 2.60 bits per heavy atom. The molecule has 1 heterocycles. The number of aromatic nitrogens is 1. The van der Waals surface area contributed by atoms with E-state index in [0.717, 1.165) is 32.1 Å². The molecule has 4 aliphatic rings. The van der Waals surface area contributed by atoms with Crippen LogP contribution in [0.5, 0.6) is 0 Å². The number of nitrogens with zero attached hydrogens (tertiary/aromatic N) is 1. The highest BCUT2D eigenvalue weighted by Crippen LogP contribution is 2.61. The average molecular weight is 343 g/mol. The number of nitrogens with one attached hydrogen (secondary N) is 2. The SMILES string of the molecule is O=C(NC12CC3CC(C1)CC(C(=O)NCCO)(C3)C2)c1ccccn1. The molecule has 6 heteroatoms. The van der Waals surface area contributed by atoms with Gasteiger partial charge in [0.1, 0.15) is 5.69 Å². The summed E-state index contributed by atoms with van der Waals surface area (Å²) in [4.78, 5) is 29.6. The van der Waals surface area contributed by atoms with Crippen LogP contribution in [0.4, 0.5) is 0 Å². The first kappa shape index (κ1) is 16.5. The number of rotatable bonds is 5. The molecule has 0 aliphatic heterocycles. The Bertz CT molecular complexity index is 662. The summed E-state index contributed by atoms with van der Waals surface area (Å²) in [6.07, 6.45) is 7.20. The van der Waals surface area contributed by atoms with Gasteiger partial charge in [-0.3, -0.25) is 14.6 Å². The molecule has 1 aromatic rings. The Kier molecular flexibility index (Phi) is 4.02. The summed E-state index contributed by atoms with van der Waals surface area (Å²) in [5.74, 6) is 0.885. The van der Waals surface area contributed by atoms with Crippen LogP contribution in [0.25, 0.3) is 0 Å². The van der Waals surface area contributed by atoms with E-state index in [1.807, 2.05) is 6.07 Å². The van der Waals surface area contributed by atoms with Crippen LogP contribution >= 0.6 is 0 Å². The lowest BCUT2D eigenvalue weighted by atomic mass is 9.46. The van der Waals surface area contributed by atoms with E-state index in [0.29, 0.717) is 30.5 Å². The molecule has 5 rings (SSSR count). The van der Waals surface area contributed by atoms with Crippen molar-refractivity contribution in [1.29, 1.82) is 0 Å². The molecule has 4 saturated carbocycles. The van der Waals surface area contributed by atoms with E-state index in [-0.39, 0.29) is 24.0 Å². The van der Waals surface area contributed by atoms with E-state index < -0.39 is 5.41 Å². The molecule has 4 aliphatic carbocycles. The number of hydrogen-bond donors (Lipinski definition) is 3. The predicted octanol–water partition coefficient (Wildman–Crippen LogP) is 1.26. The Hall–Kier alpha value is -1.95. The second-order valence-electron chi connectivity index (χ2n) is 8.17. The van der Waals surface area contributed by atoms with Crippen LogP contribution in [0.15, 0.2) is 24.4 Å². The minimum absolute atomic E-state index is 0.0454. The maximum Gasteiger partial charge on any atom is 0.270 e. The Balaban J connectivity index is 1.56. The van der Waals surface area contributed by atoms with Crippen molar-refractivity contribution in [2.45, 2.75) is 44.1 Å². The van der Waals surface area contributed by atoms with Crippen LogP contribution in [-0.2, 0) is 4.79 Å². The number of carbonyl (C=O) groups excluding carboxylic acids is 2. The Morgan fingerprint density at radius 2 is 1.96 bits per heavy atom. The molecule has 25 heavy (non-hydrogen) atoms. The fourth-order valence-electron chi connectivity index (χ4n) is 5.83. The predicted molar refractivity (Wildman–Crippen MR) is 91.6 cm³/mol. The van der Waals surface area contributed by atoms with Crippen molar-refractivity contribution < 1.29 is 14.7 Å². The molecule has 6 nitrogen and oxygen atoms in total. The van der Waals surface area contributed by atoms with E-state index in [1.54, 1.807) is 18.3 Å². The average Bonchev–Trinajstić information content (AvgIpc) is 2.58. The summed E-state index contributed by atoms with van der Waals surface area (Å²) < 4.78 is 0. The van der Waals surface area contributed by atoms with Gasteiger partial charge in [0, 0.05) is 18.3 Å². The highest BCUT2D eigenvalue weighted by Gasteiger charge is 2.61. The normalized spacial score (nSPS) is 35.4. The van der Waals surface area contributed by atoms with E-state index >= 15 is 0 Å². The van der Waals surface area contributed by atoms with Gasteiger partial charge < -0.3 is 15.7 Å². The van der Waals surface area contributed by atoms with Gasteiger partial charge in [0.25, 0.3) is 5.91 Å². The van der Waals surface area contributed by atoms with Gasteiger partial charge in [0.05, 0.1) is 12.0 Å². The Labute approximate surface area is 147 Å². The van der Waals surface area contributed by atoms with Crippen molar-refractivity contribution in [3.05, 3.63) is 30.1 Å². The van der Waals surface area contributed by atoms with E-state index in [1.165, 1.54) is 0 Å². The highest BCUT2D eigenvalue weighted by atomic mass is 16.3. The van der Waals surface area contributed by atoms with Crippen LogP contribution in [0, 0.1) is 17.3 Å². The quantitative estimate of drug-likeness (QED) is 0.751. The summed E-state index contributed by atoms with van der Waals surface area (Å²) in [5.41, 5.74) is -0.261. The lowest BCUT2D eigenvalue weighted by Gasteiger charge is -2.61. The number of amides is 2. The minimum atomic E-state index is -0.392. The van der Waals surface area contributed by atoms with Gasteiger partial charge in [-0.25, -0.2) is 0 Å². The van der Waals surface area contributed by atoms with Crippen molar-refractivity contribution >= 4 is 11.8 Å². The van der Waals surface area contributed by atoms with Crippen molar-refractivity contribution in [3.8, 4) is 0 Å². The molecule has 0 saturated heterocycles. The number of aliphatic hydroxyl groups is 1. The zero-order valence-electron chi connectivity index (χ0n) is 14.3. The van der Waals surface area contributed by atoms with Crippen molar-refractivity contribution in [2.24, 2.45) is 17.3 Å². The second-order valence-corrected chi connectivity index (χ2v) is 8.17. The summed E-state index contributed by atoms with van der Waals surface area (Å²) >= 11 is 0. The zero-order chi connectivity index (χ0) is 17.5. The summed E-state index contributed by atoms with van der Waals surface area (Å²) in [5, 5.41) is 15.1. The molecule has 4 fully saturated rings. The highest BCUT2D eigenvalue weighted by molar-refractivity contribution is 5.93. The smallest absolute Gasteiger partial charge is 0.270 e. The van der Waals surface area contributed by atoms with Crippen LogP contribution < -0.4 is 10.6 Å². The molecule has 2 unspecified atom stereocenters. The molecule has 0 radical (unpaired) electrons. The third-order valence-corrected chi connectivity index (χ3v) is 6.22. The number of carbonyl (C=O) groups is 2. The fraction of sp³-hybridized carbons (Fsp3) is 0.632. The fourth-order valence-corrected chi connectivity index (χ4v) is 5.83. The van der Waals surface area contributed by atoms with Gasteiger partial charge in [-0.2, -0.15) is 0 Å². The third kappa shape index (κ3) is 2.92. The lowest BCUT2D eigenvalue weighted by Crippen LogP contribution is -2.66. The van der Waals surface area contributed by atoms with Gasteiger partial charge >= 0.3 is 0 Å². The van der Waals surface area contributed by atoms with Crippen LogP contribution in [0.2, 0.25) is 0 Å². The summed E-state index contributed by atoms with van der Waals surface area (Å²) in [6.45, 7) is 0.249. The van der Waals surface area contributed by atoms with Gasteiger partial charge in [-0.05, 0) is 62.5 Å². The first-order valence-electron chi connectivity index (χ1n) is 9.17. The Morgan fingerprint density at radius 1 is 1.20 bits per heavy atom. The van der Waals surface area contributed by atoms with Gasteiger partial charge in [0.2, 0.25) is 5.91 Å². The number of hydrogen-bond acceptors (Lipinski definition) is 4. The van der Waals surface area contributed by atoms with E-state index in [9.17, 15) is 9.59 Å². The van der Waals surface area contributed by atoms with Crippen molar-refractivity contribution in [1.82, 2.24) is 15.6 Å². The molecule has 1 aromatic heterocycles. The molecule has 0 aromatic carbocycles. The number of pyridine rings is 1. The second kappa shape index (κ2) is 6.09. The molecule has 2 amide bonds. The van der Waals surface area contributed by atoms with E-state index in [4.69, 9.17) is 5.11 Å². The van der Waals surface area contributed by atoms with Gasteiger partial charge in [0.15, 0.2) is 0 Å². The van der Waals surface area contributed by atoms with Crippen LogP contribution in [-0.4, -0.2) is 40.6 Å². The molecule has 4 bridgehead atoms. The third-order valence-electron chi connectivity index (χ3n) is 6.22. The largest absolute Gasteiger partial charge is 0.395 e. The van der Waals surface area contributed by atoms with Crippen LogP contribution in [0.3, 0.4) is 0 Å². The molecule has 2 atom stereocenters. The topological polar surface area (TPSA) is 91.3 Å². The number of aliphatic hydroxyl groups excluding tert-OH is 1. The van der Waals surface area contributed by atoms with Crippen LogP contribution in [0.1, 0.15) is 49.0 Å². The van der Waals surface area contributed by atoms with Gasteiger partial charge in [-0.15, -0.1) is 0 Å². The summed E-state index contributed by atoms with van der Waals surface area (Å²) in [6, 6.07) is 5.33. The monoisotopic (exact) mass is 343 g/mol. The standard InChI is InChI=1S/C19H25N3O3/c23-6-5-21-17(25)18-8-13-7-14(9-18)11-19(10-13,12-18)22-16(24)15-3-1-2-4-20-15/h1-4,13-14,23H,5-12H2,(H,21,25)(H,22,24). The molecule has 134 valence electrons. The molecular formula is C19H25N3O3. The van der Waals surface area contributed by atoms with Gasteiger partial charge in [-0.1, -0.05) is 6.07 Å². The lowest BCUT2D eigenvalue weighted by molar-refractivity contribution is -0.150. The molecular weight excluding hydrogens is 318 g/mol. The maximum atomic E-state index is 12.8. The van der Waals surface area contributed by atoms with E-state index in [2.05, 4.69) is 15.6 Å². The van der Waals surface area contributed by atoms with Crippen molar-refractivity contribution in [3.63, 3.8) is 0 Å². The van der Waals surface area contributed by atoms with Crippen molar-refractivity contribution in [2.75, 3.05) is 13.2 Å².